The van der Waals surface area contributed by atoms with E-state index in [-0.39, 0.29) is 27.4 Å². The Labute approximate surface area is 211 Å². The van der Waals surface area contributed by atoms with Gasteiger partial charge in [-0.25, -0.2) is 5.01 Å². The summed E-state index contributed by atoms with van der Waals surface area (Å²) < 4.78 is 0. The number of carbonyl (C=O) groups is 3. The van der Waals surface area contributed by atoms with Crippen molar-refractivity contribution in [3.63, 3.8) is 0 Å². The van der Waals surface area contributed by atoms with Crippen LogP contribution in [0.25, 0.3) is 0 Å². The van der Waals surface area contributed by atoms with E-state index in [1.807, 2.05) is 0 Å². The molecule has 0 bridgehead atoms. The molecule has 0 N–H and O–H groups in total. The van der Waals surface area contributed by atoms with Gasteiger partial charge in [-0.2, -0.15) is 5.01 Å². The number of rotatable bonds is 5. The minimum Gasteiger partial charge on any atom is -0.272 e. The number of imide groups is 1. The van der Waals surface area contributed by atoms with Gasteiger partial charge in [-0.15, -0.1) is 0 Å². The fourth-order valence-corrected chi connectivity index (χ4v) is 5.55. The number of alkyl halides is 2. The van der Waals surface area contributed by atoms with Crippen LogP contribution in [-0.4, -0.2) is 42.3 Å². The molecule has 4 atom stereocenters. The Morgan fingerprint density at radius 1 is 1.00 bits per heavy atom. The lowest BCUT2D eigenvalue weighted by molar-refractivity contribution is -0.384. The first-order valence-electron chi connectivity index (χ1n) is 10.1. The molecule has 0 radical (unpaired) electrons. The largest absolute Gasteiger partial charge is 0.273 e. The van der Waals surface area contributed by atoms with Gasteiger partial charge in [0.25, 0.3) is 23.4 Å². The zero-order valence-electron chi connectivity index (χ0n) is 17.1. The van der Waals surface area contributed by atoms with Gasteiger partial charge in [-0.1, -0.05) is 55.6 Å². The van der Waals surface area contributed by atoms with Gasteiger partial charge in [-0.05, 0) is 42.7 Å². The lowest BCUT2D eigenvalue weighted by atomic mass is 9.81. The van der Waals surface area contributed by atoms with Crippen molar-refractivity contribution in [2.24, 2.45) is 11.8 Å². The highest BCUT2D eigenvalue weighted by molar-refractivity contribution is 9.12. The first kappa shape index (κ1) is 23.8. The fraction of sp³-hybridized carbons (Fsp3) is 0.318. The summed E-state index contributed by atoms with van der Waals surface area (Å²) in [6.07, 6.45) is 0.949. The van der Waals surface area contributed by atoms with E-state index in [0.717, 1.165) is 10.0 Å². The smallest absolute Gasteiger partial charge is 0.272 e. The van der Waals surface area contributed by atoms with Crippen molar-refractivity contribution in [1.29, 1.82) is 0 Å². The molecule has 0 aromatic heterocycles. The molecule has 0 unspecified atom stereocenters. The van der Waals surface area contributed by atoms with Gasteiger partial charge in [-0.3, -0.25) is 24.5 Å². The Balaban J connectivity index is 1.69. The van der Waals surface area contributed by atoms with Gasteiger partial charge in [0.15, 0.2) is 0 Å². The number of amides is 3. The summed E-state index contributed by atoms with van der Waals surface area (Å²) in [5.41, 5.74) is 0.698. The molecule has 2 fully saturated rings. The van der Waals surface area contributed by atoms with E-state index in [4.69, 9.17) is 11.6 Å². The molecule has 33 heavy (non-hydrogen) atoms. The molecule has 0 spiro atoms. The first-order chi connectivity index (χ1) is 15.7. The first-order valence-corrected chi connectivity index (χ1v) is 12.3. The number of nitro benzene ring substituents is 1. The number of non-ortho nitro benzene ring substituents is 1. The summed E-state index contributed by atoms with van der Waals surface area (Å²) in [5.74, 6) is -2.42. The van der Waals surface area contributed by atoms with Gasteiger partial charge >= 0.3 is 0 Å². The van der Waals surface area contributed by atoms with E-state index in [1.165, 1.54) is 36.4 Å². The highest BCUT2D eigenvalue weighted by atomic mass is 79.9. The van der Waals surface area contributed by atoms with Crippen molar-refractivity contribution in [3.8, 4) is 0 Å². The van der Waals surface area contributed by atoms with Crippen molar-refractivity contribution in [1.82, 2.24) is 10.0 Å². The maximum absolute atomic E-state index is 13.5. The average molecular weight is 600 g/mol. The third-order valence-corrected chi connectivity index (χ3v) is 8.92. The topological polar surface area (TPSA) is 101 Å². The van der Waals surface area contributed by atoms with Crippen LogP contribution in [0.3, 0.4) is 0 Å². The van der Waals surface area contributed by atoms with Crippen molar-refractivity contribution < 1.29 is 19.3 Å². The molecule has 11 heteroatoms. The Hall–Kier alpha value is -2.30. The lowest BCUT2D eigenvalue weighted by Gasteiger charge is -2.30. The summed E-state index contributed by atoms with van der Waals surface area (Å²) in [7, 11) is 0. The van der Waals surface area contributed by atoms with E-state index in [0.29, 0.717) is 23.4 Å². The number of benzene rings is 2. The summed E-state index contributed by atoms with van der Waals surface area (Å²) in [6, 6.07) is 11.8. The minimum absolute atomic E-state index is 0.0329. The monoisotopic (exact) mass is 597 g/mol. The number of nitro groups is 1. The second-order valence-corrected chi connectivity index (χ2v) is 10.8. The Morgan fingerprint density at radius 3 is 2.00 bits per heavy atom. The van der Waals surface area contributed by atoms with Gasteiger partial charge in [0.1, 0.15) is 0 Å². The van der Waals surface area contributed by atoms with Crippen LogP contribution in [0.1, 0.15) is 28.8 Å². The molecule has 1 aliphatic carbocycles. The molecule has 172 valence electrons. The van der Waals surface area contributed by atoms with Crippen molar-refractivity contribution in [3.05, 3.63) is 74.8 Å². The number of fused-ring (bicyclic) bond motifs is 1. The number of halogens is 3. The number of hydrogen-bond acceptors (Lipinski definition) is 5. The number of hydrogen-bond donors (Lipinski definition) is 0. The molecular formula is C22H18Br2ClN3O5. The maximum Gasteiger partial charge on any atom is 0.273 e. The number of carbonyl (C=O) groups excluding carboxylic acids is 3. The van der Waals surface area contributed by atoms with Crippen molar-refractivity contribution in [2.45, 2.75) is 29.0 Å². The highest BCUT2D eigenvalue weighted by Crippen LogP contribution is 2.44. The van der Waals surface area contributed by atoms with E-state index < -0.39 is 34.5 Å². The summed E-state index contributed by atoms with van der Waals surface area (Å²) in [4.78, 5) is 50.6. The van der Waals surface area contributed by atoms with Crippen LogP contribution in [0.2, 0.25) is 5.02 Å². The third-order valence-electron chi connectivity index (χ3n) is 5.93. The quantitative estimate of drug-likeness (QED) is 0.214. The molecule has 1 saturated heterocycles. The summed E-state index contributed by atoms with van der Waals surface area (Å²) >= 11 is 13.1. The van der Waals surface area contributed by atoms with Crippen LogP contribution in [0.15, 0.2) is 48.5 Å². The van der Waals surface area contributed by atoms with Crippen LogP contribution in [0.4, 0.5) is 5.69 Å². The molecule has 4 rings (SSSR count). The van der Waals surface area contributed by atoms with Crippen LogP contribution in [0, 0.1) is 22.0 Å². The predicted molar refractivity (Wildman–Crippen MR) is 128 cm³/mol. The number of nitrogens with zero attached hydrogens (tertiary/aromatic N) is 3. The molecule has 2 aromatic carbocycles. The standard InChI is InChI=1S/C22H18Br2ClN3O5/c23-18-9-16-17(10-19(18)24)22(31)27(21(16)30)26(20(29)13-3-5-14(25)6-4-13)11-12-1-7-15(8-2-12)28(32)33/h1-8,16-19H,9-11H2/t16-,17+,18-,19-/m0/s1. The third kappa shape index (κ3) is 4.69. The van der Waals surface area contributed by atoms with E-state index in [9.17, 15) is 24.5 Å². The Bertz CT molecular complexity index is 1080. The van der Waals surface area contributed by atoms with Gasteiger partial charge in [0, 0.05) is 32.4 Å². The maximum atomic E-state index is 13.5. The summed E-state index contributed by atoms with van der Waals surface area (Å²) in [6.45, 7) is -0.105. The van der Waals surface area contributed by atoms with Crippen molar-refractivity contribution >= 4 is 66.9 Å². The Morgan fingerprint density at radius 2 is 1.52 bits per heavy atom. The molecule has 1 saturated carbocycles. The molecule has 1 aliphatic heterocycles. The second-order valence-electron chi connectivity index (χ2n) is 8.00. The zero-order chi connectivity index (χ0) is 23.9. The van der Waals surface area contributed by atoms with Crippen LogP contribution >= 0.6 is 43.5 Å². The normalized spacial score (nSPS) is 24.5. The number of hydrazine groups is 1. The molecule has 8 nitrogen and oxygen atoms in total. The summed E-state index contributed by atoms with van der Waals surface area (Å²) in [5, 5.41) is 13.5. The molecule has 2 aromatic rings. The Kier molecular flexibility index (Phi) is 6.88. The zero-order valence-corrected chi connectivity index (χ0v) is 21.0. The molecule has 1 heterocycles. The molecule has 2 aliphatic rings. The van der Waals surface area contributed by atoms with Crippen molar-refractivity contribution in [2.75, 3.05) is 0 Å². The average Bonchev–Trinajstić information content (AvgIpc) is 3.02. The fourth-order valence-electron chi connectivity index (χ4n) is 4.19. The molecular weight excluding hydrogens is 582 g/mol. The van der Waals surface area contributed by atoms with Crippen LogP contribution in [0.5, 0.6) is 0 Å². The van der Waals surface area contributed by atoms with E-state index >= 15 is 0 Å². The van der Waals surface area contributed by atoms with E-state index in [2.05, 4.69) is 31.9 Å². The van der Waals surface area contributed by atoms with Crippen LogP contribution in [-0.2, 0) is 16.1 Å². The van der Waals surface area contributed by atoms with Gasteiger partial charge in [0.05, 0.1) is 23.3 Å². The minimum atomic E-state index is -0.545. The predicted octanol–water partition coefficient (Wildman–Crippen LogP) is 4.73. The van der Waals surface area contributed by atoms with E-state index in [1.54, 1.807) is 12.1 Å². The van der Waals surface area contributed by atoms with Gasteiger partial charge in [0.2, 0.25) is 0 Å². The van der Waals surface area contributed by atoms with Gasteiger partial charge < -0.3 is 0 Å². The molecule has 3 amide bonds. The SMILES string of the molecule is O=C(c1ccc(Cl)cc1)N(Cc1ccc([N+](=O)[O-])cc1)N1C(=O)[C@H]2C[C@H](Br)[C@@H](Br)C[C@H]2C1=O. The highest BCUT2D eigenvalue weighted by Gasteiger charge is 2.54. The second kappa shape index (κ2) is 9.52. The van der Waals surface area contributed by atoms with Crippen LogP contribution < -0.4 is 0 Å². The lowest BCUT2D eigenvalue weighted by Crippen LogP contribution is -2.49.